The van der Waals surface area contributed by atoms with Crippen LogP contribution >= 0.6 is 0 Å². The number of sulfone groups is 1. The first-order chi connectivity index (χ1) is 17.9. The number of nitro groups is 1. The third-order valence-electron chi connectivity index (χ3n) is 5.30. The molecule has 0 atom stereocenters. The van der Waals surface area contributed by atoms with Crippen molar-refractivity contribution in [1.29, 1.82) is 0 Å². The fourth-order valence-electron chi connectivity index (χ4n) is 3.28. The average molecular weight is 565 g/mol. The Labute approximate surface area is 219 Å². The number of carbonyl (C=O) groups is 1. The Kier molecular flexibility index (Phi) is 8.58. The molecular formula is C24H24N2O10S2. The van der Waals surface area contributed by atoms with Crippen LogP contribution in [-0.4, -0.2) is 54.3 Å². The highest BCUT2D eigenvalue weighted by Crippen LogP contribution is 2.33. The van der Waals surface area contributed by atoms with Crippen molar-refractivity contribution >= 4 is 37.2 Å². The van der Waals surface area contributed by atoms with Crippen LogP contribution in [0.25, 0.3) is 0 Å². The van der Waals surface area contributed by atoms with E-state index in [-0.39, 0.29) is 27.6 Å². The van der Waals surface area contributed by atoms with Gasteiger partial charge >= 0.3 is 5.97 Å². The summed E-state index contributed by atoms with van der Waals surface area (Å²) in [7, 11) is -5.70. The van der Waals surface area contributed by atoms with E-state index in [1.807, 2.05) is 6.92 Å². The molecule has 0 radical (unpaired) electrons. The molecule has 38 heavy (non-hydrogen) atoms. The highest BCUT2D eigenvalue weighted by Gasteiger charge is 2.26. The van der Waals surface area contributed by atoms with Gasteiger partial charge in [0.15, 0.2) is 9.84 Å². The minimum Gasteiger partial charge on any atom is -0.496 e. The summed E-state index contributed by atoms with van der Waals surface area (Å²) in [6.45, 7) is 1.34. The molecule has 0 saturated heterocycles. The number of anilines is 1. The monoisotopic (exact) mass is 564 g/mol. The second-order valence-electron chi connectivity index (χ2n) is 7.88. The number of ether oxygens (including phenoxy) is 3. The van der Waals surface area contributed by atoms with E-state index >= 15 is 0 Å². The van der Waals surface area contributed by atoms with E-state index in [0.717, 1.165) is 23.8 Å². The molecule has 0 aromatic heterocycles. The zero-order valence-corrected chi connectivity index (χ0v) is 22.2. The molecule has 0 aliphatic heterocycles. The number of benzene rings is 3. The predicted octanol–water partition coefficient (Wildman–Crippen LogP) is 3.35. The lowest BCUT2D eigenvalue weighted by molar-refractivity contribution is -0.384. The van der Waals surface area contributed by atoms with E-state index < -0.39 is 53.7 Å². The van der Waals surface area contributed by atoms with Crippen molar-refractivity contribution in [2.45, 2.75) is 16.7 Å². The van der Waals surface area contributed by atoms with Crippen molar-refractivity contribution in [3.8, 4) is 11.5 Å². The zero-order chi connectivity index (χ0) is 28.1. The number of rotatable bonds is 11. The van der Waals surface area contributed by atoms with Gasteiger partial charge in [0, 0.05) is 0 Å². The average Bonchev–Trinajstić information content (AvgIpc) is 2.88. The summed E-state index contributed by atoms with van der Waals surface area (Å²) < 4.78 is 68.4. The highest BCUT2D eigenvalue weighted by atomic mass is 32.2. The Hall–Kier alpha value is -4.17. The topological polar surface area (TPSA) is 168 Å². The Bertz CT molecular complexity index is 1570. The number of nitro benzene ring substituents is 1. The van der Waals surface area contributed by atoms with E-state index in [4.69, 9.17) is 14.2 Å². The van der Waals surface area contributed by atoms with Crippen molar-refractivity contribution < 1.29 is 40.8 Å². The highest BCUT2D eigenvalue weighted by molar-refractivity contribution is 7.93. The summed E-state index contributed by atoms with van der Waals surface area (Å²) in [5.41, 5.74) is -0.218. The SMILES string of the molecule is COc1ccc(NS(=O)(=O)c2cc(C(=O)OCCS(=O)(=O)c3ccc(C)cc3)ccc2OC)c([N+](=O)[O-])c1. The summed E-state index contributed by atoms with van der Waals surface area (Å²) in [6, 6.07) is 13.1. The van der Waals surface area contributed by atoms with Gasteiger partial charge in [-0.3, -0.25) is 14.8 Å². The van der Waals surface area contributed by atoms with Gasteiger partial charge in [0.25, 0.3) is 15.7 Å². The van der Waals surface area contributed by atoms with Gasteiger partial charge in [-0.2, -0.15) is 0 Å². The van der Waals surface area contributed by atoms with Crippen LogP contribution in [0.5, 0.6) is 11.5 Å². The van der Waals surface area contributed by atoms with Crippen LogP contribution in [-0.2, 0) is 24.6 Å². The molecule has 202 valence electrons. The van der Waals surface area contributed by atoms with E-state index in [1.54, 1.807) is 12.1 Å². The zero-order valence-electron chi connectivity index (χ0n) is 20.5. The van der Waals surface area contributed by atoms with Crippen molar-refractivity contribution in [2.24, 2.45) is 0 Å². The van der Waals surface area contributed by atoms with Gasteiger partial charge in [-0.1, -0.05) is 17.7 Å². The molecule has 14 heteroatoms. The molecule has 0 aliphatic carbocycles. The number of hydrogen-bond acceptors (Lipinski definition) is 10. The standard InChI is InChI=1S/C24H24N2O10S2/c1-16-4-8-19(9-5-16)37(30,31)13-12-36-24(27)17-6-11-22(35-3)23(14-17)38(32,33)25-20-10-7-18(34-2)15-21(20)26(28)29/h4-11,14-15,25H,12-13H2,1-3H3. The van der Waals surface area contributed by atoms with Crippen LogP contribution < -0.4 is 14.2 Å². The lowest BCUT2D eigenvalue weighted by atomic mass is 10.2. The fraction of sp³-hybridized carbons (Fsp3) is 0.208. The number of methoxy groups -OCH3 is 2. The van der Waals surface area contributed by atoms with Gasteiger partial charge in [-0.05, 0) is 49.4 Å². The van der Waals surface area contributed by atoms with Crippen LogP contribution in [0, 0.1) is 17.0 Å². The van der Waals surface area contributed by atoms with Crippen LogP contribution in [0.2, 0.25) is 0 Å². The summed E-state index contributed by atoms with van der Waals surface area (Å²) in [5.74, 6) is -1.46. The molecule has 0 fully saturated rings. The van der Waals surface area contributed by atoms with Crippen LogP contribution in [0.15, 0.2) is 70.5 Å². The van der Waals surface area contributed by atoms with E-state index in [2.05, 4.69) is 4.72 Å². The number of hydrogen-bond donors (Lipinski definition) is 1. The molecule has 1 N–H and O–H groups in total. The van der Waals surface area contributed by atoms with Gasteiger partial charge in [-0.15, -0.1) is 0 Å². The molecule has 12 nitrogen and oxygen atoms in total. The normalized spacial score (nSPS) is 11.4. The largest absolute Gasteiger partial charge is 0.496 e. The maximum absolute atomic E-state index is 13.1. The van der Waals surface area contributed by atoms with E-state index in [0.29, 0.717) is 0 Å². The number of esters is 1. The second-order valence-corrected chi connectivity index (χ2v) is 11.6. The minimum atomic E-state index is -4.49. The molecular weight excluding hydrogens is 540 g/mol. The third kappa shape index (κ3) is 6.58. The molecule has 0 unspecified atom stereocenters. The molecule has 0 bridgehead atoms. The summed E-state index contributed by atoms with van der Waals surface area (Å²) in [6.07, 6.45) is 0. The van der Waals surface area contributed by atoms with Crippen molar-refractivity contribution in [3.05, 3.63) is 81.9 Å². The fourth-order valence-corrected chi connectivity index (χ4v) is 5.64. The van der Waals surface area contributed by atoms with E-state index in [9.17, 15) is 31.7 Å². The molecule has 0 aliphatic rings. The lowest BCUT2D eigenvalue weighted by Gasteiger charge is -2.13. The van der Waals surface area contributed by atoms with Gasteiger partial charge in [0.05, 0.1) is 41.4 Å². The first kappa shape index (κ1) is 28.4. The van der Waals surface area contributed by atoms with E-state index in [1.165, 1.54) is 44.6 Å². The summed E-state index contributed by atoms with van der Waals surface area (Å²) >= 11 is 0. The number of aryl methyl sites for hydroxylation is 1. The maximum atomic E-state index is 13.1. The maximum Gasteiger partial charge on any atom is 0.338 e. The van der Waals surface area contributed by atoms with Crippen LogP contribution in [0.4, 0.5) is 11.4 Å². The van der Waals surface area contributed by atoms with Crippen LogP contribution in [0.3, 0.4) is 0 Å². The third-order valence-corrected chi connectivity index (χ3v) is 8.38. The van der Waals surface area contributed by atoms with Gasteiger partial charge in [-0.25, -0.2) is 21.6 Å². The number of nitrogens with zero attached hydrogens (tertiary/aromatic N) is 1. The van der Waals surface area contributed by atoms with Crippen molar-refractivity contribution in [2.75, 3.05) is 31.3 Å². The molecule has 3 aromatic rings. The Morgan fingerprint density at radius 1 is 0.947 bits per heavy atom. The van der Waals surface area contributed by atoms with Gasteiger partial charge in [0.1, 0.15) is 28.7 Å². The number of carbonyl (C=O) groups excluding carboxylic acids is 1. The van der Waals surface area contributed by atoms with Crippen molar-refractivity contribution in [3.63, 3.8) is 0 Å². The number of sulfonamides is 1. The summed E-state index contributed by atoms with van der Waals surface area (Å²) in [4.78, 5) is 22.8. The first-order valence-corrected chi connectivity index (χ1v) is 14.0. The molecule has 3 aromatic carbocycles. The lowest BCUT2D eigenvalue weighted by Crippen LogP contribution is -2.18. The Morgan fingerprint density at radius 3 is 2.24 bits per heavy atom. The van der Waals surface area contributed by atoms with Crippen LogP contribution in [0.1, 0.15) is 15.9 Å². The smallest absolute Gasteiger partial charge is 0.338 e. The van der Waals surface area contributed by atoms with Crippen molar-refractivity contribution in [1.82, 2.24) is 0 Å². The minimum absolute atomic E-state index is 0.0793. The quantitative estimate of drug-likeness (QED) is 0.207. The Balaban J connectivity index is 1.81. The number of nitrogens with one attached hydrogen (secondary N) is 1. The van der Waals surface area contributed by atoms with Gasteiger partial charge in [0.2, 0.25) is 0 Å². The molecule has 0 amide bonds. The first-order valence-electron chi connectivity index (χ1n) is 10.9. The Morgan fingerprint density at radius 2 is 1.63 bits per heavy atom. The van der Waals surface area contributed by atoms with Gasteiger partial charge < -0.3 is 14.2 Å². The molecule has 0 spiro atoms. The molecule has 0 saturated carbocycles. The molecule has 0 heterocycles. The second kappa shape index (κ2) is 11.5. The molecule has 3 rings (SSSR count). The predicted molar refractivity (Wildman–Crippen MR) is 137 cm³/mol. The summed E-state index contributed by atoms with van der Waals surface area (Å²) in [5, 5.41) is 11.4.